The Morgan fingerprint density at radius 1 is 0.857 bits per heavy atom. The number of carbonyl (C=O) groups is 1. The van der Waals surface area contributed by atoms with Gasteiger partial charge >= 0.3 is 5.79 Å². The van der Waals surface area contributed by atoms with E-state index in [-0.39, 0.29) is 5.78 Å². The summed E-state index contributed by atoms with van der Waals surface area (Å²) in [6, 6.07) is 8.21. The van der Waals surface area contributed by atoms with Gasteiger partial charge in [0.25, 0.3) is 0 Å². The van der Waals surface area contributed by atoms with Crippen molar-refractivity contribution < 1.29 is 19.0 Å². The number of ketones is 1. The number of Topliss-reactive ketones (excluding diaryl/α,β-unsaturated/α-hetero) is 1. The van der Waals surface area contributed by atoms with E-state index in [1.807, 2.05) is 45.9 Å². The highest BCUT2D eigenvalue weighted by atomic mass is 16.8. The van der Waals surface area contributed by atoms with E-state index in [0.29, 0.717) is 17.1 Å². The van der Waals surface area contributed by atoms with Gasteiger partial charge < -0.3 is 14.2 Å². The summed E-state index contributed by atoms with van der Waals surface area (Å²) >= 11 is 0. The molecular weight excluding hydrogens is 352 g/mol. The SMILES string of the molecule is CC1=C[C@@]2(C)c3cc(C)cc(C)c3O[C@H]2[C@]2(Oc3cc(C)cc(C)c3O2)C1=O. The van der Waals surface area contributed by atoms with Crippen LogP contribution in [0, 0.1) is 27.7 Å². The number of aryl methyl sites for hydroxylation is 4. The van der Waals surface area contributed by atoms with E-state index in [2.05, 4.69) is 26.0 Å². The summed E-state index contributed by atoms with van der Waals surface area (Å²) in [6.45, 7) is 12.0. The molecule has 0 N–H and O–H groups in total. The molecule has 28 heavy (non-hydrogen) atoms. The Morgan fingerprint density at radius 2 is 1.50 bits per heavy atom. The standard InChI is InChI=1S/C24H24O4/c1-12-7-14(3)19-17(9-12)23(6)11-16(5)21(25)24(22(23)26-19)27-18-10-13(2)8-15(4)20(18)28-24/h7-11,22H,1-6H3/t22-,23+,24+/m1/s1. The highest BCUT2D eigenvalue weighted by Crippen LogP contribution is 2.56. The molecule has 3 atom stereocenters. The van der Waals surface area contributed by atoms with Crippen LogP contribution in [0.1, 0.15) is 41.7 Å². The Balaban J connectivity index is 1.73. The van der Waals surface area contributed by atoms with Crippen LogP contribution in [-0.4, -0.2) is 17.7 Å². The maximum atomic E-state index is 13.4. The third kappa shape index (κ3) is 1.98. The first kappa shape index (κ1) is 17.4. The average molecular weight is 376 g/mol. The third-order valence-electron chi connectivity index (χ3n) is 6.22. The quantitative estimate of drug-likeness (QED) is 0.672. The summed E-state index contributed by atoms with van der Waals surface area (Å²) in [6.07, 6.45) is 1.42. The summed E-state index contributed by atoms with van der Waals surface area (Å²) in [5, 5.41) is 0. The van der Waals surface area contributed by atoms with E-state index in [1.165, 1.54) is 5.56 Å². The first-order valence-corrected chi connectivity index (χ1v) is 9.67. The van der Waals surface area contributed by atoms with E-state index < -0.39 is 17.3 Å². The van der Waals surface area contributed by atoms with Crippen LogP contribution in [0.25, 0.3) is 0 Å². The normalized spacial score (nSPS) is 29.4. The Morgan fingerprint density at radius 3 is 2.21 bits per heavy atom. The molecule has 0 amide bonds. The van der Waals surface area contributed by atoms with E-state index in [9.17, 15) is 4.79 Å². The highest BCUT2D eigenvalue weighted by molar-refractivity contribution is 6.04. The average Bonchev–Trinajstić information content (AvgIpc) is 3.11. The minimum absolute atomic E-state index is 0.176. The van der Waals surface area contributed by atoms with Crippen molar-refractivity contribution in [3.8, 4) is 17.2 Å². The van der Waals surface area contributed by atoms with Crippen LogP contribution in [-0.2, 0) is 10.2 Å². The Labute approximate surface area is 165 Å². The lowest BCUT2D eigenvalue weighted by Gasteiger charge is -2.41. The highest BCUT2D eigenvalue weighted by Gasteiger charge is 2.68. The second-order valence-corrected chi connectivity index (χ2v) is 8.68. The fourth-order valence-electron chi connectivity index (χ4n) is 5.08. The van der Waals surface area contributed by atoms with Crippen molar-refractivity contribution in [1.29, 1.82) is 0 Å². The zero-order chi connectivity index (χ0) is 20.0. The van der Waals surface area contributed by atoms with Crippen LogP contribution in [0.4, 0.5) is 0 Å². The number of carbonyl (C=O) groups excluding carboxylic acids is 1. The largest absolute Gasteiger partial charge is 0.480 e. The predicted molar refractivity (Wildman–Crippen MR) is 106 cm³/mol. The van der Waals surface area contributed by atoms with Gasteiger partial charge in [0.15, 0.2) is 17.6 Å². The molecule has 4 heteroatoms. The molecule has 2 aromatic rings. The lowest BCUT2D eigenvalue weighted by Crippen LogP contribution is -2.65. The van der Waals surface area contributed by atoms with Gasteiger partial charge in [-0.2, -0.15) is 0 Å². The zero-order valence-corrected chi connectivity index (χ0v) is 17.1. The van der Waals surface area contributed by atoms with Crippen LogP contribution in [0.15, 0.2) is 35.9 Å². The van der Waals surface area contributed by atoms with Crippen LogP contribution >= 0.6 is 0 Å². The predicted octanol–water partition coefficient (Wildman–Crippen LogP) is 4.64. The van der Waals surface area contributed by atoms with E-state index in [4.69, 9.17) is 14.2 Å². The molecule has 4 nitrogen and oxygen atoms in total. The van der Waals surface area contributed by atoms with Gasteiger partial charge in [0, 0.05) is 5.56 Å². The summed E-state index contributed by atoms with van der Waals surface area (Å²) < 4.78 is 19.1. The number of ether oxygens (including phenoxy) is 3. The molecule has 2 aliphatic heterocycles. The molecule has 0 fully saturated rings. The lowest BCUT2D eigenvalue weighted by atomic mass is 9.69. The van der Waals surface area contributed by atoms with Crippen molar-refractivity contribution in [1.82, 2.24) is 0 Å². The summed E-state index contributed by atoms with van der Waals surface area (Å²) in [5.41, 5.74) is 5.44. The number of hydrogen-bond donors (Lipinski definition) is 0. The third-order valence-corrected chi connectivity index (χ3v) is 6.22. The first-order valence-electron chi connectivity index (χ1n) is 9.67. The summed E-state index contributed by atoms with van der Waals surface area (Å²) in [5.74, 6) is 0.380. The van der Waals surface area contributed by atoms with Gasteiger partial charge in [0.2, 0.25) is 5.78 Å². The minimum Gasteiger partial charge on any atom is -0.480 e. The molecular formula is C24H24O4. The van der Waals surface area contributed by atoms with Crippen molar-refractivity contribution in [2.75, 3.05) is 0 Å². The second-order valence-electron chi connectivity index (χ2n) is 8.68. The maximum absolute atomic E-state index is 13.4. The van der Waals surface area contributed by atoms with Crippen molar-refractivity contribution in [3.63, 3.8) is 0 Å². The summed E-state index contributed by atoms with van der Waals surface area (Å²) in [7, 11) is 0. The number of benzene rings is 2. The molecule has 0 saturated heterocycles. The van der Waals surface area contributed by atoms with Crippen molar-refractivity contribution in [3.05, 3.63) is 63.7 Å². The van der Waals surface area contributed by atoms with E-state index in [0.717, 1.165) is 28.0 Å². The molecule has 0 aromatic heterocycles. The van der Waals surface area contributed by atoms with Crippen molar-refractivity contribution >= 4 is 5.78 Å². The molecule has 0 radical (unpaired) electrons. The lowest BCUT2D eigenvalue weighted by molar-refractivity contribution is -0.179. The van der Waals surface area contributed by atoms with E-state index in [1.54, 1.807) is 0 Å². The fraction of sp³-hybridized carbons (Fsp3) is 0.375. The molecule has 3 aliphatic rings. The Hall–Kier alpha value is -2.75. The molecule has 0 saturated carbocycles. The first-order chi connectivity index (χ1) is 13.2. The topological polar surface area (TPSA) is 44.8 Å². The molecule has 0 bridgehead atoms. The van der Waals surface area contributed by atoms with Gasteiger partial charge in [0.1, 0.15) is 5.75 Å². The van der Waals surface area contributed by atoms with Crippen LogP contribution in [0.5, 0.6) is 17.2 Å². The molecule has 2 heterocycles. The van der Waals surface area contributed by atoms with Crippen LogP contribution < -0.4 is 14.2 Å². The van der Waals surface area contributed by atoms with Gasteiger partial charge in [-0.15, -0.1) is 0 Å². The summed E-state index contributed by atoms with van der Waals surface area (Å²) in [4.78, 5) is 13.4. The van der Waals surface area contributed by atoms with Gasteiger partial charge in [-0.05, 0) is 69.9 Å². The smallest absolute Gasteiger partial charge is 0.355 e. The van der Waals surface area contributed by atoms with Crippen LogP contribution in [0.3, 0.4) is 0 Å². The number of rotatable bonds is 0. The Kier molecular flexibility index (Phi) is 3.22. The number of hydrogen-bond acceptors (Lipinski definition) is 4. The van der Waals surface area contributed by atoms with Gasteiger partial charge in [-0.25, -0.2) is 0 Å². The molecule has 5 rings (SSSR count). The zero-order valence-electron chi connectivity index (χ0n) is 17.1. The second kappa shape index (κ2) is 5.19. The van der Waals surface area contributed by atoms with Gasteiger partial charge in [-0.1, -0.05) is 29.8 Å². The molecule has 144 valence electrons. The minimum atomic E-state index is -1.51. The molecule has 1 spiro atoms. The molecule has 1 aliphatic carbocycles. The van der Waals surface area contributed by atoms with Crippen LogP contribution in [0.2, 0.25) is 0 Å². The van der Waals surface area contributed by atoms with Gasteiger partial charge in [0.05, 0.1) is 5.41 Å². The van der Waals surface area contributed by atoms with Gasteiger partial charge in [-0.3, -0.25) is 4.79 Å². The monoisotopic (exact) mass is 376 g/mol. The maximum Gasteiger partial charge on any atom is 0.355 e. The molecule has 2 aromatic carbocycles. The Bertz CT molecular complexity index is 1100. The molecule has 0 unspecified atom stereocenters. The number of fused-ring (bicyclic) bond motifs is 5. The van der Waals surface area contributed by atoms with Crippen molar-refractivity contribution in [2.45, 2.75) is 58.8 Å². The van der Waals surface area contributed by atoms with E-state index >= 15 is 0 Å². The van der Waals surface area contributed by atoms with Crippen molar-refractivity contribution in [2.24, 2.45) is 0 Å². The fourth-order valence-corrected chi connectivity index (χ4v) is 5.08.